The van der Waals surface area contributed by atoms with Crippen LogP contribution in [-0.4, -0.2) is 36.5 Å². The second-order valence-electron chi connectivity index (χ2n) is 3.56. The summed E-state index contributed by atoms with van der Waals surface area (Å²) in [4.78, 5) is 11.0. The number of carbonyl (C=O) groups is 1. The molecule has 0 bridgehead atoms. The summed E-state index contributed by atoms with van der Waals surface area (Å²) in [6, 6.07) is 9.37. The quantitative estimate of drug-likeness (QED) is 0.826. The number of aromatic nitrogens is 4. The van der Waals surface area contributed by atoms with E-state index in [-0.39, 0.29) is 0 Å². The molecule has 0 radical (unpaired) electrons. The molecule has 94 valence electrons. The minimum Gasteiger partial charge on any atom is -0.480 e. The van der Waals surface area contributed by atoms with E-state index in [0.717, 1.165) is 17.4 Å². The molecule has 7 heteroatoms. The molecule has 18 heavy (non-hydrogen) atoms. The van der Waals surface area contributed by atoms with E-state index in [2.05, 4.69) is 15.5 Å². The summed E-state index contributed by atoms with van der Waals surface area (Å²) in [5, 5.41) is 20.3. The van der Waals surface area contributed by atoms with E-state index in [1.807, 2.05) is 37.3 Å². The number of nitrogens with zero attached hydrogens (tertiary/aromatic N) is 4. The number of carboxylic acid groups (broad SMARTS) is 1. The average Bonchev–Trinajstić information content (AvgIpc) is 2.84. The number of hydrogen-bond donors (Lipinski definition) is 1. The van der Waals surface area contributed by atoms with Gasteiger partial charge in [0.1, 0.15) is 5.25 Å². The summed E-state index contributed by atoms with van der Waals surface area (Å²) < 4.78 is 1.54. The first kappa shape index (κ1) is 12.6. The lowest BCUT2D eigenvalue weighted by Gasteiger charge is -2.08. The summed E-state index contributed by atoms with van der Waals surface area (Å²) in [6.45, 7) is 1.82. The molecule has 1 atom stereocenters. The lowest BCUT2D eigenvalue weighted by Crippen LogP contribution is -2.16. The molecule has 0 aliphatic rings. The molecule has 0 amide bonds. The van der Waals surface area contributed by atoms with E-state index in [1.165, 1.54) is 4.68 Å². The maximum atomic E-state index is 11.0. The van der Waals surface area contributed by atoms with Gasteiger partial charge in [-0.25, -0.2) is 0 Å². The molecule has 0 aliphatic carbocycles. The van der Waals surface area contributed by atoms with Crippen LogP contribution in [0.2, 0.25) is 0 Å². The number of benzene rings is 1. The number of aliphatic carboxylic acids is 1. The zero-order chi connectivity index (χ0) is 13.0. The minimum atomic E-state index is -0.856. The standard InChI is InChI=1S/C11H12N4O2S/c1-2-9(10(16)17)18-11-12-13-14-15(11)8-6-4-3-5-7-8/h3-7,9H,2H2,1H3,(H,16,17). The van der Waals surface area contributed by atoms with Crippen molar-refractivity contribution in [1.29, 1.82) is 0 Å². The van der Waals surface area contributed by atoms with Crippen LogP contribution in [0.5, 0.6) is 0 Å². The number of hydrogen-bond acceptors (Lipinski definition) is 5. The summed E-state index contributed by atoms with van der Waals surface area (Å²) in [5.41, 5.74) is 0.810. The predicted octanol–water partition coefficient (Wildman–Crippen LogP) is 1.62. The molecular weight excluding hydrogens is 252 g/mol. The smallest absolute Gasteiger partial charge is 0.317 e. The molecule has 0 fully saturated rings. The number of tetrazole rings is 1. The van der Waals surface area contributed by atoms with Crippen molar-refractivity contribution in [3.8, 4) is 5.69 Å². The van der Waals surface area contributed by atoms with E-state index in [4.69, 9.17) is 5.11 Å². The Morgan fingerprint density at radius 2 is 2.17 bits per heavy atom. The van der Waals surface area contributed by atoms with Gasteiger partial charge in [0.05, 0.1) is 5.69 Å². The Kier molecular flexibility index (Phi) is 3.93. The van der Waals surface area contributed by atoms with E-state index >= 15 is 0 Å². The molecule has 6 nitrogen and oxygen atoms in total. The van der Waals surface area contributed by atoms with Crippen molar-refractivity contribution in [2.75, 3.05) is 0 Å². The third kappa shape index (κ3) is 2.67. The van der Waals surface area contributed by atoms with Crippen LogP contribution >= 0.6 is 11.8 Å². The van der Waals surface area contributed by atoms with E-state index in [9.17, 15) is 4.79 Å². The third-order valence-corrected chi connectivity index (χ3v) is 3.62. The average molecular weight is 264 g/mol. The van der Waals surface area contributed by atoms with Crippen molar-refractivity contribution in [3.05, 3.63) is 30.3 Å². The summed E-state index contributed by atoms with van der Waals surface area (Å²) in [7, 11) is 0. The monoisotopic (exact) mass is 264 g/mol. The van der Waals surface area contributed by atoms with Crippen LogP contribution in [0.3, 0.4) is 0 Å². The minimum absolute atomic E-state index is 0.482. The molecule has 1 unspecified atom stereocenters. The van der Waals surface area contributed by atoms with Gasteiger partial charge in [0, 0.05) is 0 Å². The Balaban J connectivity index is 2.26. The molecule has 0 saturated carbocycles. The lowest BCUT2D eigenvalue weighted by molar-refractivity contribution is -0.136. The number of thioether (sulfide) groups is 1. The highest BCUT2D eigenvalue weighted by Crippen LogP contribution is 2.24. The van der Waals surface area contributed by atoms with Crippen LogP contribution < -0.4 is 0 Å². The number of rotatable bonds is 5. The fourth-order valence-corrected chi connectivity index (χ4v) is 2.27. The Bertz CT molecular complexity index is 529. The Morgan fingerprint density at radius 3 is 2.78 bits per heavy atom. The second kappa shape index (κ2) is 5.63. The van der Waals surface area contributed by atoms with Gasteiger partial charge in [-0.05, 0) is 29.0 Å². The van der Waals surface area contributed by atoms with E-state index in [0.29, 0.717) is 11.6 Å². The van der Waals surface area contributed by atoms with Gasteiger partial charge in [-0.15, -0.1) is 5.10 Å². The zero-order valence-corrected chi connectivity index (χ0v) is 10.5. The number of carboxylic acids is 1. The van der Waals surface area contributed by atoms with Crippen LogP contribution in [0.25, 0.3) is 5.69 Å². The fraction of sp³-hybridized carbons (Fsp3) is 0.273. The highest BCUT2D eigenvalue weighted by molar-refractivity contribution is 8.00. The zero-order valence-electron chi connectivity index (χ0n) is 9.72. The molecule has 1 N–H and O–H groups in total. The molecular formula is C11H12N4O2S. The molecule has 1 aromatic heterocycles. The maximum absolute atomic E-state index is 11.0. The predicted molar refractivity (Wildman–Crippen MR) is 66.7 cm³/mol. The van der Waals surface area contributed by atoms with Gasteiger partial charge < -0.3 is 5.11 Å². The summed E-state index contributed by atoms with van der Waals surface area (Å²) >= 11 is 1.15. The van der Waals surface area contributed by atoms with E-state index in [1.54, 1.807) is 0 Å². The maximum Gasteiger partial charge on any atom is 0.317 e. The van der Waals surface area contributed by atoms with Crippen molar-refractivity contribution in [3.63, 3.8) is 0 Å². The molecule has 1 aromatic carbocycles. The first-order valence-corrected chi connectivity index (χ1v) is 6.33. The van der Waals surface area contributed by atoms with Gasteiger partial charge in [0.25, 0.3) is 0 Å². The highest BCUT2D eigenvalue weighted by atomic mass is 32.2. The largest absolute Gasteiger partial charge is 0.480 e. The topological polar surface area (TPSA) is 80.9 Å². The van der Waals surface area contributed by atoms with Crippen LogP contribution in [0.4, 0.5) is 0 Å². The van der Waals surface area contributed by atoms with Gasteiger partial charge in [0.15, 0.2) is 0 Å². The van der Waals surface area contributed by atoms with E-state index < -0.39 is 11.2 Å². The SMILES string of the molecule is CCC(Sc1nnnn1-c1ccccc1)C(=O)O. The number of para-hydroxylation sites is 1. The van der Waals surface area contributed by atoms with Crippen molar-refractivity contribution in [2.24, 2.45) is 0 Å². The van der Waals surface area contributed by atoms with Crippen molar-refractivity contribution < 1.29 is 9.90 Å². The first-order valence-electron chi connectivity index (χ1n) is 5.45. The van der Waals surface area contributed by atoms with Crippen LogP contribution in [0, 0.1) is 0 Å². The molecule has 2 aromatic rings. The molecule has 2 rings (SSSR count). The molecule has 0 saturated heterocycles. The first-order chi connectivity index (χ1) is 8.72. The van der Waals surface area contributed by atoms with Gasteiger partial charge in [-0.3, -0.25) is 4.79 Å². The van der Waals surface area contributed by atoms with Gasteiger partial charge in [-0.1, -0.05) is 36.9 Å². The van der Waals surface area contributed by atoms with Crippen LogP contribution in [0.15, 0.2) is 35.5 Å². The lowest BCUT2D eigenvalue weighted by atomic mass is 10.3. The Labute approximate surface area is 108 Å². The normalized spacial score (nSPS) is 12.3. The molecule has 0 aliphatic heterocycles. The summed E-state index contributed by atoms with van der Waals surface area (Å²) in [5.74, 6) is -0.856. The Hall–Kier alpha value is -1.89. The van der Waals surface area contributed by atoms with Crippen molar-refractivity contribution in [2.45, 2.75) is 23.8 Å². The van der Waals surface area contributed by atoms with Crippen LogP contribution in [0.1, 0.15) is 13.3 Å². The molecule has 1 heterocycles. The van der Waals surface area contributed by atoms with Gasteiger partial charge >= 0.3 is 5.97 Å². The second-order valence-corrected chi connectivity index (χ2v) is 4.73. The van der Waals surface area contributed by atoms with Crippen molar-refractivity contribution >= 4 is 17.7 Å². The highest BCUT2D eigenvalue weighted by Gasteiger charge is 2.20. The van der Waals surface area contributed by atoms with Gasteiger partial charge in [0.2, 0.25) is 5.16 Å². The Morgan fingerprint density at radius 1 is 1.44 bits per heavy atom. The fourth-order valence-electron chi connectivity index (χ4n) is 1.42. The van der Waals surface area contributed by atoms with Crippen LogP contribution in [-0.2, 0) is 4.79 Å². The summed E-state index contributed by atoms with van der Waals surface area (Å²) in [6.07, 6.45) is 0.516. The molecule has 0 spiro atoms. The third-order valence-electron chi connectivity index (χ3n) is 2.34. The van der Waals surface area contributed by atoms with Gasteiger partial charge in [-0.2, -0.15) is 4.68 Å². The van der Waals surface area contributed by atoms with Crippen molar-refractivity contribution in [1.82, 2.24) is 20.2 Å².